The fraction of sp³-hybridized carbons (Fsp3) is 0.308. The quantitative estimate of drug-likeness (QED) is 0.383. The first kappa shape index (κ1) is 23.2. The lowest BCUT2D eigenvalue weighted by Crippen LogP contribution is -2.32. The minimum atomic E-state index is -0.515. The first-order valence-corrected chi connectivity index (χ1v) is 12.5. The van der Waals surface area contributed by atoms with Gasteiger partial charge in [-0.2, -0.15) is 0 Å². The number of nitrogens with zero attached hydrogens (tertiary/aromatic N) is 3. The number of fused-ring (bicyclic) bond motifs is 3. The maximum absolute atomic E-state index is 13.2. The Hall–Kier alpha value is -3.56. The number of para-hydroxylation sites is 1. The number of anilines is 1. The molecule has 2 aromatic heterocycles. The first-order chi connectivity index (χ1) is 17.1. The van der Waals surface area contributed by atoms with Gasteiger partial charge in [-0.3, -0.25) is 20.0 Å². The molecule has 1 N–H and O–H groups in total. The highest BCUT2D eigenvalue weighted by Gasteiger charge is 2.26. The number of pyridine rings is 1. The van der Waals surface area contributed by atoms with Crippen LogP contribution in [0.2, 0.25) is 0 Å². The van der Waals surface area contributed by atoms with Crippen LogP contribution in [0, 0.1) is 0 Å². The molecule has 35 heavy (non-hydrogen) atoms. The van der Waals surface area contributed by atoms with Gasteiger partial charge in [-0.25, -0.2) is 9.78 Å². The predicted octanol–water partition coefficient (Wildman–Crippen LogP) is 4.42. The average Bonchev–Trinajstić information content (AvgIpc) is 3.27. The number of carbonyl (C=O) groups is 2. The summed E-state index contributed by atoms with van der Waals surface area (Å²) < 4.78 is 11.9. The number of nitrogens with one attached hydrogen (secondary N) is 1. The second-order valence-electron chi connectivity index (χ2n) is 8.25. The fourth-order valence-corrected chi connectivity index (χ4v) is 5.23. The number of aromatic nitrogens is 2. The van der Waals surface area contributed by atoms with Crippen molar-refractivity contribution in [3.05, 3.63) is 59.3 Å². The summed E-state index contributed by atoms with van der Waals surface area (Å²) in [6, 6.07) is 13.1. The van der Waals surface area contributed by atoms with Gasteiger partial charge < -0.3 is 9.47 Å². The SMILES string of the molecule is CCOc1ccc2nc(NC(=O)COC(=O)c3c4c(nc5ccccc35)CCN(CC)C4)sc2c1. The molecular weight excluding hydrogens is 464 g/mol. The first-order valence-electron chi connectivity index (χ1n) is 11.7. The van der Waals surface area contributed by atoms with Crippen molar-refractivity contribution in [1.82, 2.24) is 14.9 Å². The summed E-state index contributed by atoms with van der Waals surface area (Å²) in [4.78, 5) is 37.3. The Morgan fingerprint density at radius 1 is 1.11 bits per heavy atom. The van der Waals surface area contributed by atoms with E-state index in [1.54, 1.807) is 0 Å². The maximum Gasteiger partial charge on any atom is 0.339 e. The van der Waals surface area contributed by atoms with Gasteiger partial charge >= 0.3 is 5.97 Å². The molecule has 2 aromatic carbocycles. The van der Waals surface area contributed by atoms with Crippen LogP contribution in [0.15, 0.2) is 42.5 Å². The van der Waals surface area contributed by atoms with Crippen molar-refractivity contribution >= 4 is 49.5 Å². The van der Waals surface area contributed by atoms with E-state index in [2.05, 4.69) is 22.1 Å². The molecule has 0 fully saturated rings. The van der Waals surface area contributed by atoms with E-state index in [0.29, 0.717) is 23.8 Å². The lowest BCUT2D eigenvalue weighted by Gasteiger charge is -2.28. The van der Waals surface area contributed by atoms with Gasteiger partial charge in [0.1, 0.15) is 5.75 Å². The third-order valence-electron chi connectivity index (χ3n) is 6.03. The molecule has 1 aliphatic rings. The summed E-state index contributed by atoms with van der Waals surface area (Å²) >= 11 is 1.34. The van der Waals surface area contributed by atoms with Crippen molar-refractivity contribution in [2.45, 2.75) is 26.8 Å². The summed E-state index contributed by atoms with van der Waals surface area (Å²) in [5, 5.41) is 3.92. The highest BCUT2D eigenvalue weighted by molar-refractivity contribution is 7.22. The number of hydrogen-bond acceptors (Lipinski definition) is 8. The number of carbonyl (C=O) groups excluding carboxylic acids is 2. The summed E-state index contributed by atoms with van der Waals surface area (Å²) in [6.45, 7) is 6.62. The largest absolute Gasteiger partial charge is 0.494 e. The van der Waals surface area contributed by atoms with Crippen molar-refractivity contribution in [3.8, 4) is 5.75 Å². The minimum absolute atomic E-state index is 0.401. The second-order valence-corrected chi connectivity index (χ2v) is 9.28. The van der Waals surface area contributed by atoms with E-state index in [-0.39, 0.29) is 0 Å². The highest BCUT2D eigenvalue weighted by atomic mass is 32.1. The van der Waals surface area contributed by atoms with E-state index in [4.69, 9.17) is 14.5 Å². The maximum atomic E-state index is 13.2. The number of esters is 1. The normalized spacial score (nSPS) is 13.5. The minimum Gasteiger partial charge on any atom is -0.494 e. The summed E-state index contributed by atoms with van der Waals surface area (Å²) in [5.74, 6) is -0.200. The molecule has 4 aromatic rings. The van der Waals surface area contributed by atoms with E-state index in [0.717, 1.165) is 57.6 Å². The topological polar surface area (TPSA) is 93.7 Å². The van der Waals surface area contributed by atoms with E-state index >= 15 is 0 Å². The number of rotatable bonds is 7. The van der Waals surface area contributed by atoms with E-state index in [1.807, 2.05) is 49.4 Å². The molecule has 0 unspecified atom stereocenters. The monoisotopic (exact) mass is 490 g/mol. The summed E-state index contributed by atoms with van der Waals surface area (Å²) in [7, 11) is 0. The molecule has 0 atom stereocenters. The van der Waals surface area contributed by atoms with Gasteiger partial charge in [-0.05, 0) is 37.7 Å². The molecular formula is C26H26N4O4S. The van der Waals surface area contributed by atoms with Crippen molar-refractivity contribution in [1.29, 1.82) is 0 Å². The van der Waals surface area contributed by atoms with Crippen LogP contribution in [0.25, 0.3) is 21.1 Å². The molecule has 0 bridgehead atoms. The lowest BCUT2D eigenvalue weighted by molar-refractivity contribution is -0.119. The molecule has 1 aliphatic heterocycles. The number of amides is 1. The van der Waals surface area contributed by atoms with E-state index < -0.39 is 18.5 Å². The molecule has 0 radical (unpaired) electrons. The molecule has 8 nitrogen and oxygen atoms in total. The van der Waals surface area contributed by atoms with Crippen LogP contribution in [0.1, 0.15) is 35.5 Å². The zero-order valence-electron chi connectivity index (χ0n) is 19.7. The van der Waals surface area contributed by atoms with Crippen LogP contribution >= 0.6 is 11.3 Å². The molecule has 180 valence electrons. The number of thiazole rings is 1. The van der Waals surface area contributed by atoms with E-state index in [9.17, 15) is 9.59 Å². The third kappa shape index (κ3) is 4.82. The second kappa shape index (κ2) is 9.97. The number of benzene rings is 2. The van der Waals surface area contributed by atoms with E-state index in [1.165, 1.54) is 11.3 Å². The van der Waals surface area contributed by atoms with Crippen LogP contribution in [0.4, 0.5) is 5.13 Å². The van der Waals surface area contributed by atoms with Gasteiger partial charge in [0, 0.05) is 36.2 Å². The van der Waals surface area contributed by atoms with Gasteiger partial charge in [0.05, 0.1) is 27.9 Å². The van der Waals surface area contributed by atoms with Gasteiger partial charge in [0.2, 0.25) is 0 Å². The summed E-state index contributed by atoms with van der Waals surface area (Å²) in [6.07, 6.45) is 0.775. The Morgan fingerprint density at radius 3 is 2.80 bits per heavy atom. The van der Waals surface area contributed by atoms with Crippen molar-refractivity contribution in [3.63, 3.8) is 0 Å². The predicted molar refractivity (Wildman–Crippen MR) is 136 cm³/mol. The zero-order chi connectivity index (χ0) is 24.4. The third-order valence-corrected chi connectivity index (χ3v) is 6.96. The molecule has 0 saturated carbocycles. The summed E-state index contributed by atoms with van der Waals surface area (Å²) in [5.41, 5.74) is 3.83. The molecule has 1 amide bonds. The molecule has 9 heteroatoms. The van der Waals surface area contributed by atoms with Crippen LogP contribution < -0.4 is 10.1 Å². The average molecular weight is 491 g/mol. The van der Waals surface area contributed by atoms with Crippen molar-refractivity contribution in [2.75, 3.05) is 31.6 Å². The van der Waals surface area contributed by atoms with Gasteiger partial charge in [0.25, 0.3) is 5.91 Å². The molecule has 0 spiro atoms. The Balaban J connectivity index is 1.32. The van der Waals surface area contributed by atoms with Crippen molar-refractivity contribution < 1.29 is 19.1 Å². The lowest BCUT2D eigenvalue weighted by atomic mass is 9.96. The Kier molecular flexibility index (Phi) is 6.61. The molecule has 3 heterocycles. The molecule has 0 aliphatic carbocycles. The van der Waals surface area contributed by atoms with Crippen LogP contribution in [-0.4, -0.2) is 53.0 Å². The van der Waals surface area contributed by atoms with Gasteiger partial charge in [-0.1, -0.05) is 36.5 Å². The molecule has 5 rings (SSSR count). The number of hydrogen-bond donors (Lipinski definition) is 1. The Morgan fingerprint density at radius 2 is 1.97 bits per heavy atom. The number of ether oxygens (including phenoxy) is 2. The van der Waals surface area contributed by atoms with Gasteiger partial charge in [-0.15, -0.1) is 0 Å². The standard InChI is InChI=1S/C26H26N4O4S/c1-3-30-12-11-20-18(14-30)24(17-7-5-6-8-19(17)27-20)25(32)34-15-23(31)29-26-28-21-10-9-16(33-4-2)13-22(21)35-26/h5-10,13H,3-4,11-12,14-15H2,1-2H3,(H,28,29,31). The van der Waals surface area contributed by atoms with Crippen LogP contribution in [0.5, 0.6) is 5.75 Å². The van der Waals surface area contributed by atoms with Gasteiger partial charge in [0.15, 0.2) is 11.7 Å². The molecule has 0 saturated heterocycles. The Labute approximate surface area is 206 Å². The number of likely N-dealkylation sites (N-methyl/N-ethyl adjacent to an activating group) is 1. The van der Waals surface area contributed by atoms with Crippen molar-refractivity contribution in [2.24, 2.45) is 0 Å². The van der Waals surface area contributed by atoms with Crippen LogP contribution in [0.3, 0.4) is 0 Å². The highest BCUT2D eigenvalue weighted by Crippen LogP contribution is 2.30. The van der Waals surface area contributed by atoms with Crippen LogP contribution in [-0.2, 0) is 22.5 Å². The fourth-order valence-electron chi connectivity index (χ4n) is 4.32. The Bertz CT molecular complexity index is 1420. The smallest absolute Gasteiger partial charge is 0.339 e. The zero-order valence-corrected chi connectivity index (χ0v) is 20.5.